The van der Waals surface area contributed by atoms with Crippen molar-refractivity contribution < 1.29 is 4.79 Å². The second-order valence-electron chi connectivity index (χ2n) is 2.05. The van der Waals surface area contributed by atoms with Gasteiger partial charge in [0.15, 0.2) is 0 Å². The van der Waals surface area contributed by atoms with Crippen molar-refractivity contribution in [2.75, 3.05) is 0 Å². The molecule has 0 saturated heterocycles. The molecule has 0 aliphatic heterocycles. The molecule has 0 amide bonds. The fourth-order valence-corrected chi connectivity index (χ4v) is 0.744. The van der Waals surface area contributed by atoms with Crippen LogP contribution in [0.15, 0.2) is 6.20 Å². The molecule has 0 saturated carbocycles. The standard InChI is InChI=1S/C6H9N3O/c1-9-6(3-2-4-10)5-7-8-9/h4-5H,2-3H2,1H3. The first-order chi connectivity index (χ1) is 4.84. The van der Waals surface area contributed by atoms with Crippen LogP contribution in [0.3, 0.4) is 0 Å². The monoisotopic (exact) mass is 139 g/mol. The number of nitrogens with zero attached hydrogens (tertiary/aromatic N) is 3. The zero-order valence-corrected chi connectivity index (χ0v) is 5.82. The third kappa shape index (κ3) is 1.40. The van der Waals surface area contributed by atoms with Crippen molar-refractivity contribution >= 4 is 6.29 Å². The van der Waals surface area contributed by atoms with Crippen molar-refractivity contribution in [3.05, 3.63) is 11.9 Å². The highest BCUT2D eigenvalue weighted by atomic mass is 16.1. The third-order valence-corrected chi connectivity index (χ3v) is 1.33. The fraction of sp³-hybridized carbons (Fsp3) is 0.500. The van der Waals surface area contributed by atoms with Gasteiger partial charge in [-0.25, -0.2) is 0 Å². The summed E-state index contributed by atoms with van der Waals surface area (Å²) in [4.78, 5) is 9.96. The number of rotatable bonds is 3. The minimum Gasteiger partial charge on any atom is -0.303 e. The maximum absolute atomic E-state index is 9.96. The van der Waals surface area contributed by atoms with Crippen LogP contribution in [-0.2, 0) is 18.3 Å². The summed E-state index contributed by atoms with van der Waals surface area (Å²) in [7, 11) is 1.81. The molecule has 1 aromatic heterocycles. The molecule has 4 nitrogen and oxygen atoms in total. The minimum absolute atomic E-state index is 0.543. The first kappa shape index (κ1) is 6.92. The van der Waals surface area contributed by atoms with E-state index < -0.39 is 0 Å². The van der Waals surface area contributed by atoms with Gasteiger partial charge in [0, 0.05) is 13.5 Å². The molecule has 0 aromatic carbocycles. The molecule has 1 rings (SSSR count). The lowest BCUT2D eigenvalue weighted by Gasteiger charge is -1.93. The van der Waals surface area contributed by atoms with Gasteiger partial charge in [0.25, 0.3) is 0 Å². The van der Waals surface area contributed by atoms with Gasteiger partial charge < -0.3 is 4.79 Å². The predicted octanol–water partition coefficient (Wildman–Crippen LogP) is -0.0534. The molecule has 1 aromatic rings. The van der Waals surface area contributed by atoms with Crippen molar-refractivity contribution in [3.63, 3.8) is 0 Å². The highest BCUT2D eigenvalue weighted by molar-refractivity contribution is 5.49. The number of hydrogen-bond acceptors (Lipinski definition) is 3. The van der Waals surface area contributed by atoms with Gasteiger partial charge in [-0.2, -0.15) is 0 Å². The van der Waals surface area contributed by atoms with Crippen LogP contribution in [0, 0.1) is 0 Å². The summed E-state index contributed by atoms with van der Waals surface area (Å²) in [5, 5.41) is 7.39. The topological polar surface area (TPSA) is 47.8 Å². The average Bonchev–Trinajstić information content (AvgIpc) is 2.31. The highest BCUT2D eigenvalue weighted by Gasteiger charge is 1.96. The van der Waals surface area contributed by atoms with Gasteiger partial charge in [-0.1, -0.05) is 5.21 Å². The summed E-state index contributed by atoms with van der Waals surface area (Å²) < 4.78 is 1.67. The van der Waals surface area contributed by atoms with Gasteiger partial charge in [-0.05, 0) is 6.42 Å². The molecule has 0 unspecified atom stereocenters. The van der Waals surface area contributed by atoms with E-state index >= 15 is 0 Å². The number of hydrogen-bond donors (Lipinski definition) is 0. The second-order valence-corrected chi connectivity index (χ2v) is 2.05. The van der Waals surface area contributed by atoms with E-state index in [9.17, 15) is 4.79 Å². The van der Waals surface area contributed by atoms with Gasteiger partial charge in [-0.15, -0.1) is 5.10 Å². The molecule has 10 heavy (non-hydrogen) atoms. The predicted molar refractivity (Wildman–Crippen MR) is 35.4 cm³/mol. The highest BCUT2D eigenvalue weighted by Crippen LogP contribution is 1.95. The summed E-state index contributed by atoms with van der Waals surface area (Å²) in [5.74, 6) is 0. The van der Waals surface area contributed by atoms with E-state index in [1.165, 1.54) is 0 Å². The van der Waals surface area contributed by atoms with Crippen LogP contribution in [-0.4, -0.2) is 21.3 Å². The number of aromatic nitrogens is 3. The molecule has 0 aliphatic rings. The first-order valence-electron chi connectivity index (χ1n) is 3.12. The minimum atomic E-state index is 0.543. The SMILES string of the molecule is Cn1nncc1CCC=O. The van der Waals surface area contributed by atoms with Gasteiger partial charge in [0.05, 0.1) is 11.9 Å². The average molecular weight is 139 g/mol. The molecule has 1 heterocycles. The van der Waals surface area contributed by atoms with E-state index in [4.69, 9.17) is 0 Å². The van der Waals surface area contributed by atoms with Crippen molar-refractivity contribution in [1.29, 1.82) is 0 Å². The Kier molecular flexibility index (Phi) is 2.15. The lowest BCUT2D eigenvalue weighted by atomic mass is 10.3. The van der Waals surface area contributed by atoms with Gasteiger partial charge in [0.2, 0.25) is 0 Å². The van der Waals surface area contributed by atoms with Crippen molar-refractivity contribution in [1.82, 2.24) is 15.0 Å². The molecule has 0 bridgehead atoms. The number of aldehydes is 1. The largest absolute Gasteiger partial charge is 0.303 e. The number of carbonyl (C=O) groups is 1. The Morgan fingerprint density at radius 3 is 3.10 bits per heavy atom. The molecule has 0 fully saturated rings. The Labute approximate surface area is 58.8 Å². The summed E-state index contributed by atoms with van der Waals surface area (Å²) >= 11 is 0. The fourth-order valence-electron chi connectivity index (χ4n) is 0.744. The molecule has 0 atom stereocenters. The zero-order valence-electron chi connectivity index (χ0n) is 5.82. The number of aryl methyl sites for hydroxylation is 2. The molecule has 0 radical (unpaired) electrons. The Bertz CT molecular complexity index is 219. The van der Waals surface area contributed by atoms with Crippen LogP contribution < -0.4 is 0 Å². The van der Waals surface area contributed by atoms with Crippen LogP contribution in [0.4, 0.5) is 0 Å². The third-order valence-electron chi connectivity index (χ3n) is 1.33. The molecular formula is C6H9N3O. The van der Waals surface area contributed by atoms with E-state index in [-0.39, 0.29) is 0 Å². The second kappa shape index (κ2) is 3.10. The van der Waals surface area contributed by atoms with E-state index in [1.54, 1.807) is 10.9 Å². The lowest BCUT2D eigenvalue weighted by Crippen LogP contribution is -1.98. The van der Waals surface area contributed by atoms with Gasteiger partial charge in [0.1, 0.15) is 6.29 Å². The van der Waals surface area contributed by atoms with Crippen molar-refractivity contribution in [3.8, 4) is 0 Å². The van der Waals surface area contributed by atoms with E-state index in [1.807, 2.05) is 7.05 Å². The smallest absolute Gasteiger partial charge is 0.120 e. The summed E-state index contributed by atoms with van der Waals surface area (Å²) in [6.07, 6.45) is 3.84. The zero-order chi connectivity index (χ0) is 7.40. The molecule has 0 spiro atoms. The van der Waals surface area contributed by atoms with E-state index in [2.05, 4.69) is 10.3 Å². The Balaban J connectivity index is 2.56. The molecule has 54 valence electrons. The quantitative estimate of drug-likeness (QED) is 0.551. The summed E-state index contributed by atoms with van der Waals surface area (Å²) in [6.45, 7) is 0. The van der Waals surface area contributed by atoms with Gasteiger partial charge in [-0.3, -0.25) is 4.68 Å². The summed E-state index contributed by atoms with van der Waals surface area (Å²) in [5.41, 5.74) is 0.993. The van der Waals surface area contributed by atoms with Crippen LogP contribution in [0.5, 0.6) is 0 Å². The summed E-state index contributed by atoms with van der Waals surface area (Å²) in [6, 6.07) is 0. The van der Waals surface area contributed by atoms with E-state index in [0.717, 1.165) is 18.4 Å². The maximum Gasteiger partial charge on any atom is 0.120 e. The Morgan fingerprint density at radius 2 is 2.60 bits per heavy atom. The molecular weight excluding hydrogens is 130 g/mol. The van der Waals surface area contributed by atoms with E-state index in [0.29, 0.717) is 6.42 Å². The van der Waals surface area contributed by atoms with Crippen LogP contribution in [0.25, 0.3) is 0 Å². The molecule has 0 aliphatic carbocycles. The number of carbonyl (C=O) groups excluding carboxylic acids is 1. The molecule has 4 heteroatoms. The molecule has 0 N–H and O–H groups in total. The van der Waals surface area contributed by atoms with Crippen LogP contribution in [0.2, 0.25) is 0 Å². The van der Waals surface area contributed by atoms with Crippen LogP contribution >= 0.6 is 0 Å². The first-order valence-corrected chi connectivity index (χ1v) is 3.12. The normalized spacial score (nSPS) is 9.70. The lowest BCUT2D eigenvalue weighted by molar-refractivity contribution is -0.107. The maximum atomic E-state index is 9.96. The Morgan fingerprint density at radius 1 is 1.80 bits per heavy atom. The van der Waals surface area contributed by atoms with Gasteiger partial charge >= 0.3 is 0 Å². The van der Waals surface area contributed by atoms with Crippen molar-refractivity contribution in [2.45, 2.75) is 12.8 Å². The van der Waals surface area contributed by atoms with Crippen molar-refractivity contribution in [2.24, 2.45) is 7.05 Å². The van der Waals surface area contributed by atoms with Crippen LogP contribution in [0.1, 0.15) is 12.1 Å². The Hall–Kier alpha value is -1.19.